The van der Waals surface area contributed by atoms with Gasteiger partial charge < -0.3 is 50.4 Å². The van der Waals surface area contributed by atoms with Gasteiger partial charge in [-0.1, -0.05) is 74.5 Å². The van der Waals surface area contributed by atoms with Crippen molar-refractivity contribution in [1.82, 2.24) is 49.7 Å². The van der Waals surface area contributed by atoms with Crippen molar-refractivity contribution in [2.75, 3.05) is 29.9 Å². The quantitative estimate of drug-likeness (QED) is 0.0833. The fraction of sp³-hybridized carbons (Fsp3) is 0.478. The van der Waals surface area contributed by atoms with E-state index in [0.29, 0.717) is 72.4 Å². The molecule has 0 bridgehead atoms. The molecule has 336 valence electrons. The lowest BCUT2D eigenvalue weighted by Crippen LogP contribution is -2.42. The van der Waals surface area contributed by atoms with E-state index in [-0.39, 0.29) is 42.9 Å². The van der Waals surface area contributed by atoms with Gasteiger partial charge in [0.25, 0.3) is 0 Å². The molecule has 0 radical (unpaired) electrons. The Balaban J connectivity index is 1.01. The molecule has 18 nitrogen and oxygen atoms in total. The van der Waals surface area contributed by atoms with Gasteiger partial charge in [-0.15, -0.1) is 0 Å². The van der Waals surface area contributed by atoms with E-state index in [1.807, 2.05) is 43.3 Å². The molecule has 0 spiro atoms. The first-order valence-corrected chi connectivity index (χ1v) is 22.4. The van der Waals surface area contributed by atoms with Crippen LogP contribution in [0.4, 0.5) is 11.8 Å². The van der Waals surface area contributed by atoms with Gasteiger partial charge in [-0.3, -0.25) is 9.59 Å². The number of aliphatic hydroxyl groups is 4. The van der Waals surface area contributed by atoms with Crippen LogP contribution in [-0.4, -0.2) is 127 Å². The van der Waals surface area contributed by atoms with Crippen molar-refractivity contribution in [1.29, 1.82) is 0 Å². The highest BCUT2D eigenvalue weighted by Crippen LogP contribution is 2.37. The Kier molecular flexibility index (Phi) is 12.3. The number of rotatable bonds is 14. The van der Waals surface area contributed by atoms with Crippen LogP contribution in [0.5, 0.6) is 0 Å². The van der Waals surface area contributed by atoms with Gasteiger partial charge in [0.15, 0.2) is 22.6 Å². The normalized spacial score (nSPS) is 25.8. The van der Waals surface area contributed by atoms with Crippen molar-refractivity contribution < 1.29 is 30.0 Å². The zero-order chi connectivity index (χ0) is 44.6. The molecule has 64 heavy (non-hydrogen) atoms. The predicted octanol–water partition coefficient (Wildman–Crippen LogP) is 2.71. The number of hydrogen-bond donors (Lipinski definition) is 7. The molecule has 1 aliphatic heterocycles. The zero-order valence-electron chi connectivity index (χ0n) is 36.2. The summed E-state index contributed by atoms with van der Waals surface area (Å²) in [6.45, 7) is 7.10. The van der Waals surface area contributed by atoms with Gasteiger partial charge in [0, 0.05) is 38.4 Å². The number of imidazole rings is 2. The largest absolute Gasteiger partial charge is 0.388 e. The third-order valence-electron chi connectivity index (χ3n) is 13.3. The minimum absolute atomic E-state index is 0.00848. The molecule has 9 rings (SSSR count). The number of aryl methyl sites for hydroxylation is 1. The van der Waals surface area contributed by atoms with Crippen LogP contribution in [0, 0.1) is 12.8 Å². The number of fused-ring (bicyclic) bond motifs is 2. The van der Waals surface area contributed by atoms with Crippen molar-refractivity contribution >= 4 is 45.9 Å². The molecule has 3 fully saturated rings. The van der Waals surface area contributed by atoms with Gasteiger partial charge in [-0.2, -0.15) is 9.97 Å². The van der Waals surface area contributed by atoms with Crippen molar-refractivity contribution in [2.24, 2.45) is 5.92 Å². The van der Waals surface area contributed by atoms with E-state index in [1.165, 1.54) is 0 Å². The number of aromatic nitrogens is 8. The number of hydrogen-bond acceptors (Lipinski definition) is 14. The summed E-state index contributed by atoms with van der Waals surface area (Å²) in [5.41, 5.74) is 5.27. The van der Waals surface area contributed by atoms with Crippen LogP contribution in [0.1, 0.15) is 86.6 Å². The number of nitrogens with zero attached hydrogens (tertiary/aromatic N) is 9. The standard InChI is InChI=1S/C46H56N12O6/c1-4-35(59)52-31-19-33(41(63)39(31)61)57-23-48-37-30(50-25(3)51-44(37)57)18-26-16-17-56(22-26)46-54-43(47-21-29(27-12-8-6-9-13-27)28-14-10-7-11-15-28)38-45(55-46)58(24-49-38)34-20-32(40(62)42(34)64)53-36(60)5-2/h6-15,23-24,26,29,31-34,39-42,61-64H,4-5,16-22H2,1-3H3,(H,52,59)(H,53,60)(H,47,54,55)/t26-,31-,32-,33+,34+,39+,40+,41-,42-/m0/s1. The second-order valence-corrected chi connectivity index (χ2v) is 17.4. The second kappa shape index (κ2) is 18.2. The highest BCUT2D eigenvalue weighted by atomic mass is 16.3. The first-order valence-electron chi connectivity index (χ1n) is 22.4. The predicted molar refractivity (Wildman–Crippen MR) is 238 cm³/mol. The summed E-state index contributed by atoms with van der Waals surface area (Å²) in [4.78, 5) is 56.0. The van der Waals surface area contributed by atoms with Gasteiger partial charge in [0.2, 0.25) is 17.8 Å². The lowest BCUT2D eigenvalue weighted by molar-refractivity contribution is -0.123. The maximum Gasteiger partial charge on any atom is 0.229 e. The molecule has 6 aromatic rings. The Morgan fingerprint density at radius 1 is 0.719 bits per heavy atom. The molecule has 3 aliphatic rings. The summed E-state index contributed by atoms with van der Waals surface area (Å²) in [5, 5.41) is 53.6. The average molecular weight is 873 g/mol. The van der Waals surface area contributed by atoms with Crippen molar-refractivity contribution in [3.63, 3.8) is 0 Å². The topological polar surface area (TPSA) is 242 Å². The molecule has 1 saturated heterocycles. The van der Waals surface area contributed by atoms with Crippen LogP contribution in [0.25, 0.3) is 22.3 Å². The Hall–Kier alpha value is -6.08. The molecule has 2 aliphatic carbocycles. The fourth-order valence-corrected chi connectivity index (χ4v) is 9.82. The van der Waals surface area contributed by atoms with Crippen molar-refractivity contribution in [3.05, 3.63) is 96.0 Å². The van der Waals surface area contributed by atoms with E-state index in [1.54, 1.807) is 35.6 Å². The summed E-state index contributed by atoms with van der Waals surface area (Å²) in [6, 6.07) is 18.2. The minimum atomic E-state index is -1.17. The SMILES string of the molecule is CCC(=O)N[C@H]1C[C@@H](n2cnc3c(C[C@@H]4CCN(c5nc(NCC(c6ccccc6)c6ccccc6)c6ncn([C@@H]7C[C@H](NC(=O)CC)[C@@H](O)[C@H]7O)c6n5)C4)nc(C)nc32)[C@H](O)[C@@H]1O. The van der Waals surface area contributed by atoms with E-state index in [0.717, 1.165) is 23.2 Å². The lowest BCUT2D eigenvalue weighted by Gasteiger charge is -2.22. The highest BCUT2D eigenvalue weighted by Gasteiger charge is 2.45. The van der Waals surface area contributed by atoms with Gasteiger partial charge in [-0.05, 0) is 49.7 Å². The second-order valence-electron chi connectivity index (χ2n) is 17.4. The molecular formula is C46H56N12O6. The molecule has 2 amide bonds. The van der Waals surface area contributed by atoms with Crippen LogP contribution in [0.15, 0.2) is 73.3 Å². The maximum absolute atomic E-state index is 12.3. The number of benzene rings is 2. The minimum Gasteiger partial charge on any atom is -0.388 e. The first-order chi connectivity index (χ1) is 31.0. The van der Waals surface area contributed by atoms with E-state index >= 15 is 0 Å². The van der Waals surface area contributed by atoms with E-state index in [4.69, 9.17) is 29.9 Å². The monoisotopic (exact) mass is 872 g/mol. The van der Waals surface area contributed by atoms with Crippen LogP contribution in [0.3, 0.4) is 0 Å². The summed E-state index contributed by atoms with van der Waals surface area (Å²) in [5.74, 6) is 1.33. The van der Waals surface area contributed by atoms with Crippen LogP contribution in [0.2, 0.25) is 0 Å². The van der Waals surface area contributed by atoms with Crippen molar-refractivity contribution in [2.45, 2.75) is 114 Å². The molecule has 9 atom stereocenters. The summed E-state index contributed by atoms with van der Waals surface area (Å²) >= 11 is 0. The van der Waals surface area contributed by atoms with E-state index < -0.39 is 48.6 Å². The number of amides is 2. The van der Waals surface area contributed by atoms with E-state index in [9.17, 15) is 30.0 Å². The van der Waals surface area contributed by atoms with Crippen LogP contribution < -0.4 is 20.9 Å². The molecule has 2 saturated carbocycles. The molecule has 0 unspecified atom stereocenters. The van der Waals surface area contributed by atoms with Gasteiger partial charge in [0.05, 0.1) is 42.5 Å². The zero-order valence-corrected chi connectivity index (χ0v) is 36.2. The molecular weight excluding hydrogens is 817 g/mol. The third-order valence-corrected chi connectivity index (χ3v) is 13.3. The third kappa shape index (κ3) is 8.37. The molecule has 5 heterocycles. The van der Waals surface area contributed by atoms with Gasteiger partial charge in [-0.25, -0.2) is 19.9 Å². The Bertz CT molecular complexity index is 2570. The maximum atomic E-state index is 12.3. The average Bonchev–Trinajstić information content (AvgIpc) is 4.15. The lowest BCUT2D eigenvalue weighted by atomic mass is 9.91. The number of carbonyl (C=O) groups is 2. The number of aliphatic hydroxyl groups excluding tert-OH is 4. The Morgan fingerprint density at radius 3 is 1.83 bits per heavy atom. The van der Waals surface area contributed by atoms with Crippen molar-refractivity contribution in [3.8, 4) is 0 Å². The van der Waals surface area contributed by atoms with Gasteiger partial charge >= 0.3 is 0 Å². The summed E-state index contributed by atoms with van der Waals surface area (Å²) in [6.07, 6.45) is 1.23. The highest BCUT2D eigenvalue weighted by molar-refractivity contribution is 5.85. The van der Waals surface area contributed by atoms with Crippen LogP contribution in [-0.2, 0) is 16.0 Å². The van der Waals surface area contributed by atoms with Crippen LogP contribution >= 0.6 is 0 Å². The Labute approximate surface area is 370 Å². The molecule has 4 aromatic heterocycles. The Morgan fingerprint density at radius 2 is 1.27 bits per heavy atom. The summed E-state index contributed by atoms with van der Waals surface area (Å²) in [7, 11) is 0. The number of carbonyl (C=O) groups excluding carboxylic acids is 2. The number of anilines is 2. The fourth-order valence-electron chi connectivity index (χ4n) is 9.82. The molecule has 18 heteroatoms. The smallest absolute Gasteiger partial charge is 0.229 e. The molecule has 2 aromatic carbocycles. The van der Waals surface area contributed by atoms with E-state index in [2.05, 4.69) is 45.1 Å². The number of nitrogens with one attached hydrogen (secondary N) is 3. The van der Waals surface area contributed by atoms with Gasteiger partial charge in [0.1, 0.15) is 35.8 Å². The molecule has 7 N–H and O–H groups in total. The summed E-state index contributed by atoms with van der Waals surface area (Å²) < 4.78 is 3.59. The first kappa shape index (κ1) is 43.2.